The zero-order valence-electron chi connectivity index (χ0n) is 12.4. The zero-order valence-corrected chi connectivity index (χ0v) is 12.4. The second-order valence-corrected chi connectivity index (χ2v) is 5.52. The maximum absolute atomic E-state index is 11.7. The van der Waals surface area contributed by atoms with E-state index in [1.807, 2.05) is 0 Å². The zero-order chi connectivity index (χ0) is 14.6. The van der Waals surface area contributed by atoms with E-state index < -0.39 is 0 Å². The van der Waals surface area contributed by atoms with Gasteiger partial charge in [0.25, 0.3) is 0 Å². The number of morpholine rings is 1. The van der Waals surface area contributed by atoms with Gasteiger partial charge in [-0.1, -0.05) is 0 Å². The van der Waals surface area contributed by atoms with Gasteiger partial charge in [-0.15, -0.1) is 0 Å². The molecule has 0 aromatic carbocycles. The van der Waals surface area contributed by atoms with E-state index in [1.165, 1.54) is 12.2 Å². The van der Waals surface area contributed by atoms with Crippen molar-refractivity contribution in [1.29, 1.82) is 0 Å². The number of piperazine rings is 1. The second-order valence-electron chi connectivity index (χ2n) is 5.52. The monoisotopic (exact) mass is 287 g/mol. The average molecular weight is 287 g/mol. The fraction of sp³-hybridized carbons (Fsp3) is 0.923. The molecule has 1 atom stereocenters. The molecule has 0 bridgehead atoms. The van der Waals surface area contributed by atoms with Crippen LogP contribution in [0.25, 0.3) is 0 Å². The molecule has 0 radical (unpaired) electrons. The van der Waals surface area contributed by atoms with E-state index in [1.54, 1.807) is 7.05 Å². The number of rotatable bonds is 5. The molecule has 116 valence electrons. The van der Waals surface area contributed by atoms with Crippen LogP contribution in [-0.2, 0) is 14.4 Å². The predicted molar refractivity (Wildman–Crippen MR) is 73.0 cm³/mol. The minimum Gasteiger partial charge on any atom is -0.394 e. The lowest BCUT2D eigenvalue weighted by atomic mass is 9.94. The molecular weight excluding hydrogens is 262 g/mol. The van der Waals surface area contributed by atoms with E-state index in [9.17, 15) is 9.90 Å². The fourth-order valence-corrected chi connectivity index (χ4v) is 2.92. The van der Waals surface area contributed by atoms with E-state index in [0.29, 0.717) is 19.6 Å². The van der Waals surface area contributed by atoms with Crippen LogP contribution in [0.4, 0.5) is 0 Å². The number of hydrogen-bond acceptors (Lipinski definition) is 6. The van der Waals surface area contributed by atoms with Crippen molar-refractivity contribution in [1.82, 2.24) is 14.9 Å². The van der Waals surface area contributed by atoms with Crippen molar-refractivity contribution in [2.24, 2.45) is 0 Å². The van der Waals surface area contributed by atoms with Crippen molar-refractivity contribution < 1.29 is 19.5 Å². The molecule has 2 saturated heterocycles. The molecular formula is C13H25N3O4. The van der Waals surface area contributed by atoms with Gasteiger partial charge in [0.1, 0.15) is 0 Å². The maximum atomic E-state index is 11.7. The molecule has 7 nitrogen and oxygen atoms in total. The second kappa shape index (κ2) is 6.82. The first-order chi connectivity index (χ1) is 9.61. The van der Waals surface area contributed by atoms with E-state index in [2.05, 4.69) is 9.80 Å². The molecule has 0 spiro atoms. The average Bonchev–Trinajstić information content (AvgIpc) is 2.51. The Balaban J connectivity index is 1.87. The minimum atomic E-state index is -0.299. The van der Waals surface area contributed by atoms with Crippen molar-refractivity contribution in [3.05, 3.63) is 0 Å². The smallest absolute Gasteiger partial charge is 0.247 e. The highest BCUT2D eigenvalue weighted by atomic mass is 16.7. The summed E-state index contributed by atoms with van der Waals surface area (Å²) in [6, 6.07) is 0. The molecule has 1 amide bonds. The van der Waals surface area contributed by atoms with Crippen LogP contribution < -0.4 is 0 Å². The number of nitrogens with zero attached hydrogens (tertiary/aromatic N) is 3. The van der Waals surface area contributed by atoms with Gasteiger partial charge >= 0.3 is 0 Å². The molecule has 20 heavy (non-hydrogen) atoms. The highest BCUT2D eigenvalue weighted by Gasteiger charge is 2.43. The van der Waals surface area contributed by atoms with Gasteiger partial charge in [-0.2, -0.15) is 0 Å². The van der Waals surface area contributed by atoms with Crippen LogP contribution in [-0.4, -0.2) is 98.1 Å². The summed E-state index contributed by atoms with van der Waals surface area (Å²) in [5, 5.41) is 11.0. The van der Waals surface area contributed by atoms with Crippen molar-refractivity contribution in [3.8, 4) is 0 Å². The molecule has 1 unspecified atom stereocenters. The molecule has 2 aliphatic rings. The summed E-state index contributed by atoms with van der Waals surface area (Å²) < 4.78 is 5.54. The fourth-order valence-electron chi connectivity index (χ4n) is 2.92. The number of ether oxygens (including phenoxy) is 1. The number of hydrogen-bond donors (Lipinski definition) is 1. The van der Waals surface area contributed by atoms with Crippen molar-refractivity contribution >= 4 is 5.91 Å². The molecule has 0 saturated carbocycles. The van der Waals surface area contributed by atoms with E-state index in [-0.39, 0.29) is 18.1 Å². The Hall–Kier alpha value is -0.730. The number of aliphatic hydroxyl groups excluding tert-OH is 1. The summed E-state index contributed by atoms with van der Waals surface area (Å²) >= 11 is 0. The number of amides is 1. The van der Waals surface area contributed by atoms with Gasteiger partial charge in [0.05, 0.1) is 32.5 Å². The van der Waals surface area contributed by atoms with Gasteiger partial charge in [0.2, 0.25) is 5.91 Å². The van der Waals surface area contributed by atoms with E-state index in [0.717, 1.165) is 32.8 Å². The minimum absolute atomic E-state index is 0.0344. The van der Waals surface area contributed by atoms with Gasteiger partial charge < -0.3 is 9.84 Å². The Labute approximate surface area is 120 Å². The van der Waals surface area contributed by atoms with Crippen molar-refractivity contribution in [2.75, 3.05) is 66.7 Å². The summed E-state index contributed by atoms with van der Waals surface area (Å²) in [5.74, 6) is -0.0344. The van der Waals surface area contributed by atoms with Crippen LogP contribution in [0.1, 0.15) is 6.42 Å². The van der Waals surface area contributed by atoms with Crippen molar-refractivity contribution in [2.45, 2.75) is 12.0 Å². The first kappa shape index (κ1) is 15.7. The van der Waals surface area contributed by atoms with Crippen LogP contribution in [0.2, 0.25) is 0 Å². The lowest BCUT2D eigenvalue weighted by Gasteiger charge is -2.52. The van der Waals surface area contributed by atoms with Crippen LogP contribution in [0.3, 0.4) is 0 Å². The molecule has 0 aromatic rings. The third kappa shape index (κ3) is 3.29. The Morgan fingerprint density at radius 3 is 2.95 bits per heavy atom. The lowest BCUT2D eigenvalue weighted by Crippen LogP contribution is -2.69. The molecule has 0 aromatic heterocycles. The Morgan fingerprint density at radius 1 is 1.45 bits per heavy atom. The summed E-state index contributed by atoms with van der Waals surface area (Å²) in [5.41, 5.74) is -0.299. The topological polar surface area (TPSA) is 65.5 Å². The molecule has 2 aliphatic heterocycles. The highest BCUT2D eigenvalue weighted by molar-refractivity contribution is 5.74. The summed E-state index contributed by atoms with van der Waals surface area (Å²) in [6.45, 7) is 5.53. The molecule has 0 aliphatic carbocycles. The van der Waals surface area contributed by atoms with Gasteiger partial charge in [-0.3, -0.25) is 19.4 Å². The number of hydroxylamine groups is 2. The van der Waals surface area contributed by atoms with E-state index in [4.69, 9.17) is 9.57 Å². The van der Waals surface area contributed by atoms with Gasteiger partial charge in [0.15, 0.2) is 0 Å². The third-order valence-electron chi connectivity index (χ3n) is 4.31. The van der Waals surface area contributed by atoms with Crippen molar-refractivity contribution in [3.63, 3.8) is 0 Å². The molecule has 2 fully saturated rings. The first-order valence-electron chi connectivity index (χ1n) is 7.08. The largest absolute Gasteiger partial charge is 0.394 e. The molecule has 2 heterocycles. The van der Waals surface area contributed by atoms with Gasteiger partial charge in [-0.25, -0.2) is 5.06 Å². The number of carbonyl (C=O) groups is 1. The van der Waals surface area contributed by atoms with Crippen LogP contribution in [0, 0.1) is 0 Å². The van der Waals surface area contributed by atoms with Crippen LogP contribution in [0.15, 0.2) is 0 Å². The highest BCUT2D eigenvalue weighted by Crippen LogP contribution is 2.25. The lowest BCUT2D eigenvalue weighted by molar-refractivity contribution is -0.169. The Kier molecular flexibility index (Phi) is 5.34. The summed E-state index contributed by atoms with van der Waals surface area (Å²) in [7, 11) is 3.10. The predicted octanol–water partition coefficient (Wildman–Crippen LogP) is -1.22. The van der Waals surface area contributed by atoms with Gasteiger partial charge in [0, 0.05) is 46.2 Å². The van der Waals surface area contributed by atoms with Crippen LogP contribution >= 0.6 is 0 Å². The maximum Gasteiger partial charge on any atom is 0.247 e. The SMILES string of the molecule is CON(C)C(=O)CCN1CCN2CCOCC2(CO)C1. The Morgan fingerprint density at radius 2 is 2.25 bits per heavy atom. The molecule has 2 rings (SSSR count). The molecule has 7 heteroatoms. The standard InChI is InChI=1S/C13H25N3O4/c1-14(19-2)12(18)3-4-15-5-6-16-7-8-20-11-13(16,9-15)10-17/h17H,3-11H2,1-2H3. The van der Waals surface area contributed by atoms with Gasteiger partial charge in [-0.05, 0) is 0 Å². The quantitative estimate of drug-likeness (QED) is 0.639. The summed E-state index contributed by atoms with van der Waals surface area (Å²) in [4.78, 5) is 21.2. The van der Waals surface area contributed by atoms with Crippen LogP contribution in [0.5, 0.6) is 0 Å². The third-order valence-corrected chi connectivity index (χ3v) is 4.31. The summed E-state index contributed by atoms with van der Waals surface area (Å²) in [6.07, 6.45) is 0.423. The first-order valence-corrected chi connectivity index (χ1v) is 7.08. The normalized spacial score (nSPS) is 28.1. The number of fused-ring (bicyclic) bond motifs is 1. The number of aliphatic hydroxyl groups is 1. The Bertz CT molecular complexity index is 342. The van der Waals surface area contributed by atoms with E-state index >= 15 is 0 Å². The molecule has 1 N–H and O–H groups in total. The number of carbonyl (C=O) groups excluding carboxylic acids is 1.